The van der Waals surface area contributed by atoms with Crippen molar-refractivity contribution in [3.63, 3.8) is 0 Å². The molecular weight excluding hydrogens is 300 g/mol. The molecule has 5 heteroatoms. The van der Waals surface area contributed by atoms with Gasteiger partial charge in [-0.15, -0.1) is 0 Å². The number of nitrogens with zero attached hydrogens (tertiary/aromatic N) is 3. The van der Waals surface area contributed by atoms with Gasteiger partial charge in [-0.2, -0.15) is 0 Å². The van der Waals surface area contributed by atoms with Crippen LogP contribution in [-0.2, 0) is 4.79 Å². The number of hydrogen-bond acceptors (Lipinski definition) is 4. The van der Waals surface area contributed by atoms with E-state index in [1.165, 1.54) is 11.3 Å². The van der Waals surface area contributed by atoms with Gasteiger partial charge in [-0.25, -0.2) is 0 Å². The fourth-order valence-corrected chi connectivity index (χ4v) is 3.86. The first-order chi connectivity index (χ1) is 11.7. The summed E-state index contributed by atoms with van der Waals surface area (Å²) < 4.78 is 0. The molecule has 0 aromatic heterocycles. The summed E-state index contributed by atoms with van der Waals surface area (Å²) in [5, 5.41) is 0. The number of hydrogen-bond donors (Lipinski definition) is 1. The fraction of sp³-hybridized carbons (Fsp3) is 0.632. The van der Waals surface area contributed by atoms with Crippen LogP contribution in [0.1, 0.15) is 24.8 Å². The normalized spacial score (nSPS) is 22.2. The lowest BCUT2D eigenvalue weighted by molar-refractivity contribution is -0.132. The lowest BCUT2D eigenvalue weighted by Gasteiger charge is -2.36. The smallest absolute Gasteiger partial charge is 0.224 e. The van der Waals surface area contributed by atoms with E-state index in [1.54, 1.807) is 0 Å². The maximum absolute atomic E-state index is 12.4. The predicted octanol–water partition coefficient (Wildman–Crippen LogP) is 1.46. The van der Waals surface area contributed by atoms with Gasteiger partial charge in [-0.05, 0) is 37.5 Å². The maximum Gasteiger partial charge on any atom is 0.224 e. The molecule has 0 bridgehead atoms. The highest BCUT2D eigenvalue weighted by Crippen LogP contribution is 2.19. The standard InChI is InChI=1S/C19H30N4O/c1-16-4-2-5-17(14-16)22-12-10-21(11-13-22)9-7-19(24)23-8-3-6-18(23)15-20/h2,4-5,14,18H,3,6-13,15,20H2,1H3. The van der Waals surface area contributed by atoms with Crippen molar-refractivity contribution >= 4 is 11.6 Å². The van der Waals surface area contributed by atoms with Crippen molar-refractivity contribution in [3.8, 4) is 0 Å². The van der Waals surface area contributed by atoms with Gasteiger partial charge in [0.15, 0.2) is 0 Å². The van der Waals surface area contributed by atoms with Crippen LogP contribution < -0.4 is 10.6 Å². The van der Waals surface area contributed by atoms with E-state index in [-0.39, 0.29) is 11.9 Å². The lowest BCUT2D eigenvalue weighted by Crippen LogP contribution is -2.48. The molecule has 3 rings (SSSR count). The lowest BCUT2D eigenvalue weighted by atomic mass is 10.2. The second kappa shape index (κ2) is 7.99. The summed E-state index contributed by atoms with van der Waals surface area (Å²) >= 11 is 0. The summed E-state index contributed by atoms with van der Waals surface area (Å²) in [6, 6.07) is 8.97. The minimum Gasteiger partial charge on any atom is -0.369 e. The van der Waals surface area contributed by atoms with E-state index in [0.717, 1.165) is 52.1 Å². The van der Waals surface area contributed by atoms with Gasteiger partial charge in [0.1, 0.15) is 0 Å². The Morgan fingerprint density at radius 3 is 2.71 bits per heavy atom. The van der Waals surface area contributed by atoms with Gasteiger partial charge in [0.2, 0.25) is 5.91 Å². The van der Waals surface area contributed by atoms with E-state index in [1.807, 2.05) is 4.90 Å². The Hall–Kier alpha value is -1.59. The van der Waals surface area contributed by atoms with Crippen LogP contribution in [0.3, 0.4) is 0 Å². The quantitative estimate of drug-likeness (QED) is 0.888. The fourth-order valence-electron chi connectivity index (χ4n) is 3.86. The molecule has 1 amide bonds. The number of likely N-dealkylation sites (tertiary alicyclic amines) is 1. The van der Waals surface area contributed by atoms with Crippen molar-refractivity contribution in [1.29, 1.82) is 0 Å². The summed E-state index contributed by atoms with van der Waals surface area (Å²) in [6.45, 7) is 8.62. The number of aryl methyl sites for hydroxylation is 1. The van der Waals surface area contributed by atoms with Crippen LogP contribution >= 0.6 is 0 Å². The minimum atomic E-state index is 0.274. The van der Waals surface area contributed by atoms with Crippen molar-refractivity contribution in [2.24, 2.45) is 5.73 Å². The second-order valence-corrected chi connectivity index (χ2v) is 7.04. The number of benzene rings is 1. The molecule has 2 aliphatic rings. The van der Waals surface area contributed by atoms with Gasteiger partial charge in [-0.3, -0.25) is 9.69 Å². The van der Waals surface area contributed by atoms with Gasteiger partial charge in [0.25, 0.3) is 0 Å². The third-order valence-electron chi connectivity index (χ3n) is 5.35. The Kier molecular flexibility index (Phi) is 5.74. The minimum absolute atomic E-state index is 0.274. The van der Waals surface area contributed by atoms with Crippen LogP contribution in [0, 0.1) is 6.92 Å². The predicted molar refractivity (Wildman–Crippen MR) is 98.2 cm³/mol. The van der Waals surface area contributed by atoms with E-state index < -0.39 is 0 Å². The summed E-state index contributed by atoms with van der Waals surface area (Å²) in [6.07, 6.45) is 2.79. The second-order valence-electron chi connectivity index (χ2n) is 7.04. The zero-order valence-electron chi connectivity index (χ0n) is 14.8. The van der Waals surface area contributed by atoms with Crippen LogP contribution in [0.4, 0.5) is 5.69 Å². The van der Waals surface area contributed by atoms with Crippen LogP contribution in [0.2, 0.25) is 0 Å². The Balaban J connectivity index is 1.43. The topological polar surface area (TPSA) is 52.8 Å². The summed E-state index contributed by atoms with van der Waals surface area (Å²) in [7, 11) is 0. The number of rotatable bonds is 5. The molecular formula is C19H30N4O. The Morgan fingerprint density at radius 1 is 1.21 bits per heavy atom. The van der Waals surface area contributed by atoms with Gasteiger partial charge in [0.05, 0.1) is 0 Å². The van der Waals surface area contributed by atoms with Crippen LogP contribution in [0.25, 0.3) is 0 Å². The Bertz CT molecular complexity index is 554. The Labute approximate surface area is 145 Å². The van der Waals surface area contributed by atoms with Crippen LogP contribution in [0.5, 0.6) is 0 Å². The average molecular weight is 330 g/mol. The van der Waals surface area contributed by atoms with Crippen molar-refractivity contribution in [3.05, 3.63) is 29.8 Å². The number of anilines is 1. The molecule has 24 heavy (non-hydrogen) atoms. The highest BCUT2D eigenvalue weighted by atomic mass is 16.2. The van der Waals surface area contributed by atoms with Gasteiger partial charge in [-0.1, -0.05) is 12.1 Å². The summed E-state index contributed by atoms with van der Waals surface area (Å²) in [4.78, 5) is 19.3. The zero-order chi connectivity index (χ0) is 16.9. The SMILES string of the molecule is Cc1cccc(N2CCN(CCC(=O)N3CCCC3CN)CC2)c1. The molecule has 0 aliphatic carbocycles. The van der Waals surface area contributed by atoms with E-state index >= 15 is 0 Å². The molecule has 2 heterocycles. The average Bonchev–Trinajstić information content (AvgIpc) is 3.09. The van der Waals surface area contributed by atoms with E-state index in [9.17, 15) is 4.79 Å². The molecule has 0 radical (unpaired) electrons. The molecule has 1 aromatic carbocycles. The largest absolute Gasteiger partial charge is 0.369 e. The molecule has 0 saturated carbocycles. The molecule has 2 N–H and O–H groups in total. The summed E-state index contributed by atoms with van der Waals surface area (Å²) in [5.74, 6) is 0.282. The van der Waals surface area contributed by atoms with Crippen molar-refractivity contribution < 1.29 is 4.79 Å². The van der Waals surface area contributed by atoms with Gasteiger partial charge < -0.3 is 15.5 Å². The molecule has 1 unspecified atom stereocenters. The molecule has 2 aliphatic heterocycles. The third kappa shape index (κ3) is 4.08. The van der Waals surface area contributed by atoms with Crippen molar-refractivity contribution in [1.82, 2.24) is 9.80 Å². The van der Waals surface area contributed by atoms with Crippen LogP contribution in [-0.4, -0.2) is 67.6 Å². The van der Waals surface area contributed by atoms with E-state index in [4.69, 9.17) is 5.73 Å². The Morgan fingerprint density at radius 2 is 2.00 bits per heavy atom. The number of amides is 1. The molecule has 1 atom stereocenters. The zero-order valence-corrected chi connectivity index (χ0v) is 14.8. The van der Waals surface area contributed by atoms with Gasteiger partial charge in [0, 0.05) is 64.0 Å². The molecule has 132 valence electrons. The molecule has 2 fully saturated rings. The number of nitrogens with two attached hydrogens (primary N) is 1. The first-order valence-corrected chi connectivity index (χ1v) is 9.21. The molecule has 1 aromatic rings. The molecule has 5 nitrogen and oxygen atoms in total. The number of carbonyl (C=O) groups is 1. The number of piperazine rings is 1. The first-order valence-electron chi connectivity index (χ1n) is 9.21. The van der Waals surface area contributed by atoms with Crippen LogP contribution in [0.15, 0.2) is 24.3 Å². The van der Waals surface area contributed by atoms with E-state index in [2.05, 4.69) is 41.0 Å². The molecule has 2 saturated heterocycles. The maximum atomic E-state index is 12.4. The molecule has 0 spiro atoms. The highest BCUT2D eigenvalue weighted by Gasteiger charge is 2.27. The van der Waals surface area contributed by atoms with Crippen molar-refractivity contribution in [2.45, 2.75) is 32.2 Å². The third-order valence-corrected chi connectivity index (χ3v) is 5.35. The first kappa shape index (κ1) is 17.2. The monoisotopic (exact) mass is 330 g/mol. The highest BCUT2D eigenvalue weighted by molar-refractivity contribution is 5.77. The van der Waals surface area contributed by atoms with Crippen molar-refractivity contribution in [2.75, 3.05) is 50.7 Å². The summed E-state index contributed by atoms with van der Waals surface area (Å²) in [5.41, 5.74) is 8.39. The van der Waals surface area contributed by atoms with E-state index in [0.29, 0.717) is 13.0 Å². The van der Waals surface area contributed by atoms with Gasteiger partial charge >= 0.3 is 0 Å². The number of carbonyl (C=O) groups excluding carboxylic acids is 1.